The van der Waals surface area contributed by atoms with E-state index in [0.29, 0.717) is 0 Å². The van der Waals surface area contributed by atoms with Crippen LogP contribution < -0.4 is 0 Å². The molecule has 2 atom stereocenters. The van der Waals surface area contributed by atoms with Crippen molar-refractivity contribution in [1.29, 1.82) is 0 Å². The zero-order valence-corrected chi connectivity index (χ0v) is 10.1. The van der Waals surface area contributed by atoms with E-state index in [-0.39, 0.29) is 5.92 Å². The van der Waals surface area contributed by atoms with Crippen LogP contribution in [-0.2, 0) is 0 Å². The summed E-state index contributed by atoms with van der Waals surface area (Å²) >= 11 is 0. The molecule has 0 spiro atoms. The molecular weight excluding hydrogens is 238 g/mol. The lowest BCUT2D eigenvalue weighted by atomic mass is 9.82. The molecule has 2 rings (SSSR count). The Hall–Kier alpha value is -1.00. The lowest BCUT2D eigenvalue weighted by molar-refractivity contribution is -0.0317. The largest absolute Gasteiger partial charge is 0.390 e. The molecular formula is C14H18F2O2. The van der Waals surface area contributed by atoms with Gasteiger partial charge in [0.1, 0.15) is 17.7 Å². The summed E-state index contributed by atoms with van der Waals surface area (Å²) in [7, 11) is 0. The molecule has 1 aromatic carbocycles. The van der Waals surface area contributed by atoms with Gasteiger partial charge in [-0.1, -0.05) is 25.3 Å². The van der Waals surface area contributed by atoms with E-state index in [1.165, 1.54) is 6.07 Å². The average Bonchev–Trinajstić information content (AvgIpc) is 2.38. The van der Waals surface area contributed by atoms with Gasteiger partial charge in [0.25, 0.3) is 0 Å². The van der Waals surface area contributed by atoms with Crippen LogP contribution in [0.4, 0.5) is 8.78 Å². The van der Waals surface area contributed by atoms with Gasteiger partial charge in [0.2, 0.25) is 0 Å². The summed E-state index contributed by atoms with van der Waals surface area (Å²) < 4.78 is 27.0. The summed E-state index contributed by atoms with van der Waals surface area (Å²) in [5, 5.41) is 20.0. The third kappa shape index (κ3) is 2.70. The van der Waals surface area contributed by atoms with Gasteiger partial charge in [-0.3, -0.25) is 0 Å². The molecule has 0 heterocycles. The van der Waals surface area contributed by atoms with Crippen molar-refractivity contribution in [3.8, 4) is 0 Å². The molecule has 0 aliphatic heterocycles. The van der Waals surface area contributed by atoms with Crippen LogP contribution in [-0.4, -0.2) is 16.3 Å². The molecule has 4 heteroatoms. The molecule has 2 N–H and O–H groups in total. The van der Waals surface area contributed by atoms with Crippen molar-refractivity contribution in [2.45, 2.75) is 44.3 Å². The first-order valence-electron chi connectivity index (χ1n) is 6.41. The Kier molecular flexibility index (Phi) is 4.30. The zero-order chi connectivity index (χ0) is 13.1. The van der Waals surface area contributed by atoms with E-state index in [1.54, 1.807) is 0 Å². The van der Waals surface area contributed by atoms with Gasteiger partial charge >= 0.3 is 0 Å². The maximum Gasteiger partial charge on any atom is 0.132 e. The molecule has 1 fully saturated rings. The van der Waals surface area contributed by atoms with Crippen LogP contribution in [0.5, 0.6) is 0 Å². The summed E-state index contributed by atoms with van der Waals surface area (Å²) in [6.07, 6.45) is 2.12. The van der Waals surface area contributed by atoms with E-state index in [2.05, 4.69) is 0 Å². The quantitative estimate of drug-likeness (QED) is 0.873. The fraction of sp³-hybridized carbons (Fsp3) is 0.571. The average molecular weight is 256 g/mol. The molecule has 0 saturated heterocycles. The topological polar surface area (TPSA) is 40.5 Å². The second kappa shape index (κ2) is 5.76. The van der Waals surface area contributed by atoms with Gasteiger partial charge in [-0.25, -0.2) is 8.78 Å². The predicted molar refractivity (Wildman–Crippen MR) is 63.9 cm³/mol. The SMILES string of the molecule is OC(c1c(F)cccc1F)C(O)C1CCCCC1. The van der Waals surface area contributed by atoms with Crippen molar-refractivity contribution >= 4 is 0 Å². The molecule has 0 radical (unpaired) electrons. The van der Waals surface area contributed by atoms with Crippen molar-refractivity contribution < 1.29 is 19.0 Å². The lowest BCUT2D eigenvalue weighted by Gasteiger charge is -2.30. The Morgan fingerprint density at radius 1 is 1.00 bits per heavy atom. The number of hydrogen-bond acceptors (Lipinski definition) is 2. The molecule has 1 aliphatic rings. The molecule has 1 aliphatic carbocycles. The molecule has 2 unspecified atom stereocenters. The van der Waals surface area contributed by atoms with E-state index in [1.807, 2.05) is 0 Å². The van der Waals surface area contributed by atoms with E-state index in [4.69, 9.17) is 0 Å². The highest BCUT2D eigenvalue weighted by Gasteiger charge is 2.31. The van der Waals surface area contributed by atoms with Gasteiger partial charge in [-0.15, -0.1) is 0 Å². The van der Waals surface area contributed by atoms with Crippen molar-refractivity contribution in [2.75, 3.05) is 0 Å². The molecule has 1 aromatic rings. The third-order valence-electron chi connectivity index (χ3n) is 3.75. The van der Waals surface area contributed by atoms with Gasteiger partial charge in [0.15, 0.2) is 0 Å². The number of aliphatic hydroxyl groups is 2. The number of halogens is 2. The van der Waals surface area contributed by atoms with Gasteiger partial charge in [0, 0.05) is 0 Å². The summed E-state index contributed by atoms with van der Waals surface area (Å²) in [5.74, 6) is -1.69. The second-order valence-electron chi connectivity index (χ2n) is 4.97. The van der Waals surface area contributed by atoms with Crippen molar-refractivity contribution in [2.24, 2.45) is 5.92 Å². The number of hydrogen-bond donors (Lipinski definition) is 2. The lowest BCUT2D eigenvalue weighted by Crippen LogP contribution is -2.30. The Balaban J connectivity index is 2.16. The van der Waals surface area contributed by atoms with Gasteiger partial charge < -0.3 is 10.2 Å². The summed E-state index contributed by atoms with van der Waals surface area (Å²) in [6.45, 7) is 0. The van der Waals surface area contributed by atoms with Gasteiger partial charge in [0.05, 0.1) is 11.7 Å². The Labute approximate surface area is 105 Å². The van der Waals surface area contributed by atoms with Crippen molar-refractivity contribution in [3.05, 3.63) is 35.4 Å². The number of benzene rings is 1. The molecule has 100 valence electrons. The van der Waals surface area contributed by atoms with Gasteiger partial charge in [-0.2, -0.15) is 0 Å². The molecule has 18 heavy (non-hydrogen) atoms. The highest BCUT2D eigenvalue weighted by atomic mass is 19.1. The molecule has 0 amide bonds. The van der Waals surface area contributed by atoms with Crippen LogP contribution in [0.1, 0.15) is 43.8 Å². The molecule has 0 bridgehead atoms. The van der Waals surface area contributed by atoms with Crippen LogP contribution >= 0.6 is 0 Å². The Bertz CT molecular complexity index is 383. The monoisotopic (exact) mass is 256 g/mol. The third-order valence-corrected chi connectivity index (χ3v) is 3.75. The first kappa shape index (κ1) is 13.4. The molecule has 1 saturated carbocycles. The summed E-state index contributed by atoms with van der Waals surface area (Å²) in [6, 6.07) is 3.43. The predicted octanol–water partition coefficient (Wildman–Crippen LogP) is 2.94. The maximum absolute atomic E-state index is 13.5. The Morgan fingerprint density at radius 2 is 1.56 bits per heavy atom. The smallest absolute Gasteiger partial charge is 0.132 e. The minimum atomic E-state index is -1.49. The van der Waals surface area contributed by atoms with Crippen molar-refractivity contribution in [3.63, 3.8) is 0 Å². The van der Waals surface area contributed by atoms with E-state index in [0.717, 1.165) is 44.2 Å². The number of aliphatic hydroxyl groups excluding tert-OH is 2. The van der Waals surface area contributed by atoms with Crippen LogP contribution in [0.3, 0.4) is 0 Å². The van der Waals surface area contributed by atoms with E-state index in [9.17, 15) is 19.0 Å². The standard InChI is InChI=1S/C14H18F2O2/c15-10-7-4-8-11(16)12(10)14(18)13(17)9-5-2-1-3-6-9/h4,7-9,13-14,17-18H,1-3,5-6H2. The minimum Gasteiger partial charge on any atom is -0.390 e. The summed E-state index contributed by atoms with van der Waals surface area (Å²) in [4.78, 5) is 0. The van der Waals surface area contributed by atoms with Crippen LogP contribution in [0.2, 0.25) is 0 Å². The van der Waals surface area contributed by atoms with E-state index >= 15 is 0 Å². The maximum atomic E-state index is 13.5. The van der Waals surface area contributed by atoms with E-state index < -0.39 is 29.4 Å². The highest BCUT2D eigenvalue weighted by molar-refractivity contribution is 5.23. The first-order chi connectivity index (χ1) is 8.61. The molecule has 0 aromatic heterocycles. The van der Waals surface area contributed by atoms with Crippen LogP contribution in [0.25, 0.3) is 0 Å². The van der Waals surface area contributed by atoms with Crippen LogP contribution in [0, 0.1) is 17.6 Å². The number of rotatable bonds is 3. The highest BCUT2D eigenvalue weighted by Crippen LogP contribution is 2.33. The molecule has 2 nitrogen and oxygen atoms in total. The Morgan fingerprint density at radius 3 is 2.11 bits per heavy atom. The summed E-state index contributed by atoms with van der Waals surface area (Å²) in [5.41, 5.74) is -0.421. The minimum absolute atomic E-state index is 0.0762. The van der Waals surface area contributed by atoms with Gasteiger partial charge in [-0.05, 0) is 30.9 Å². The van der Waals surface area contributed by atoms with Crippen LogP contribution in [0.15, 0.2) is 18.2 Å². The first-order valence-corrected chi connectivity index (χ1v) is 6.41. The zero-order valence-electron chi connectivity index (χ0n) is 10.1. The van der Waals surface area contributed by atoms with Crippen molar-refractivity contribution in [1.82, 2.24) is 0 Å². The fourth-order valence-corrected chi connectivity index (χ4v) is 2.70. The normalized spacial score (nSPS) is 20.7. The second-order valence-corrected chi connectivity index (χ2v) is 4.97. The fourth-order valence-electron chi connectivity index (χ4n) is 2.70.